The molecule has 5 rings (SSSR count). The number of aryl methyl sites for hydroxylation is 1. The number of ether oxygens (including phenoxy) is 1. The summed E-state index contributed by atoms with van der Waals surface area (Å²) < 4.78 is 8.44. The molecule has 10 nitrogen and oxygen atoms in total. The SMILES string of the molecule is COCCNC(=O)Cn1c(=O)n(C2CCN(CC[C@@H](/C(CC(C)C(=O)c3cc(C)cc(Cl)c3)=N/OC)c3ccc(Cl)c(Cl)c3)CC2)c2ccccc21. The minimum Gasteiger partial charge on any atom is -0.399 e. The molecule has 4 aromatic rings. The van der Waals surface area contributed by atoms with Crippen LogP contribution in [0.1, 0.15) is 66.1 Å². The summed E-state index contributed by atoms with van der Waals surface area (Å²) in [5.74, 6) is -0.833. The van der Waals surface area contributed by atoms with E-state index in [-0.39, 0.29) is 41.8 Å². The Morgan fingerprint density at radius 2 is 1.71 bits per heavy atom. The molecule has 1 unspecified atom stereocenters. The lowest BCUT2D eigenvalue weighted by Crippen LogP contribution is -2.39. The Bertz CT molecular complexity index is 1950. The molecule has 1 aromatic heterocycles. The van der Waals surface area contributed by atoms with E-state index in [0.717, 1.165) is 60.3 Å². The molecular weight excluding hydrogens is 725 g/mol. The molecule has 0 bridgehead atoms. The molecule has 3 aromatic carbocycles. The van der Waals surface area contributed by atoms with Gasteiger partial charge in [-0.2, -0.15) is 0 Å². The Labute approximate surface area is 319 Å². The van der Waals surface area contributed by atoms with Gasteiger partial charge < -0.3 is 19.8 Å². The highest BCUT2D eigenvalue weighted by Gasteiger charge is 2.29. The summed E-state index contributed by atoms with van der Waals surface area (Å²) in [7, 11) is 3.09. The fourth-order valence-electron chi connectivity index (χ4n) is 7.13. The van der Waals surface area contributed by atoms with Crippen molar-refractivity contribution in [1.29, 1.82) is 0 Å². The van der Waals surface area contributed by atoms with E-state index >= 15 is 0 Å². The number of carbonyl (C=O) groups excluding carboxylic acids is 2. The van der Waals surface area contributed by atoms with Gasteiger partial charge in [-0.25, -0.2) is 4.79 Å². The number of nitrogens with zero attached hydrogens (tertiary/aromatic N) is 4. The number of likely N-dealkylation sites (tertiary alicyclic amines) is 1. The summed E-state index contributed by atoms with van der Waals surface area (Å²) in [6.07, 6.45) is 2.62. The zero-order chi connectivity index (χ0) is 37.4. The predicted octanol–water partition coefficient (Wildman–Crippen LogP) is 7.56. The molecule has 1 N–H and O–H groups in total. The normalized spacial score (nSPS) is 15.5. The first-order chi connectivity index (χ1) is 25.0. The van der Waals surface area contributed by atoms with E-state index in [9.17, 15) is 14.4 Å². The molecule has 0 aliphatic carbocycles. The molecule has 1 fully saturated rings. The summed E-state index contributed by atoms with van der Waals surface area (Å²) in [5.41, 5.74) is 4.54. The second-order valence-corrected chi connectivity index (χ2v) is 14.7. The number of benzene rings is 3. The van der Waals surface area contributed by atoms with Crippen LogP contribution in [0.5, 0.6) is 0 Å². The maximum absolute atomic E-state index is 13.8. The van der Waals surface area contributed by atoms with Gasteiger partial charge in [-0.05, 0) is 92.7 Å². The number of aromatic nitrogens is 2. The Morgan fingerprint density at radius 1 is 0.981 bits per heavy atom. The monoisotopic (exact) mass is 769 g/mol. The van der Waals surface area contributed by atoms with Gasteiger partial charge in [0.05, 0.1) is 33.4 Å². The molecule has 0 saturated carbocycles. The number of halogens is 3. The van der Waals surface area contributed by atoms with Crippen molar-refractivity contribution in [3.05, 3.63) is 103 Å². The van der Waals surface area contributed by atoms with Crippen LogP contribution < -0.4 is 11.0 Å². The van der Waals surface area contributed by atoms with Crippen LogP contribution >= 0.6 is 34.8 Å². The van der Waals surface area contributed by atoms with Crippen molar-refractivity contribution in [2.24, 2.45) is 11.1 Å². The quantitative estimate of drug-likeness (QED) is 0.0546. The lowest BCUT2D eigenvalue weighted by molar-refractivity contribution is -0.121. The van der Waals surface area contributed by atoms with Crippen molar-refractivity contribution in [2.45, 2.75) is 58.0 Å². The fraction of sp³-hybridized carbons (Fsp3) is 0.436. The van der Waals surface area contributed by atoms with Crippen LogP contribution in [0.2, 0.25) is 15.1 Å². The predicted molar refractivity (Wildman–Crippen MR) is 208 cm³/mol. The zero-order valence-corrected chi connectivity index (χ0v) is 32.3. The number of nitrogens with one attached hydrogen (secondary N) is 1. The second-order valence-electron chi connectivity index (χ2n) is 13.4. The first-order valence-electron chi connectivity index (χ1n) is 17.5. The van der Waals surface area contributed by atoms with Gasteiger partial charge in [-0.15, -0.1) is 0 Å². The summed E-state index contributed by atoms with van der Waals surface area (Å²) >= 11 is 19.1. The van der Waals surface area contributed by atoms with Crippen LogP contribution in [0, 0.1) is 12.8 Å². The van der Waals surface area contributed by atoms with Gasteiger partial charge in [0.2, 0.25) is 5.91 Å². The van der Waals surface area contributed by atoms with Crippen molar-refractivity contribution in [3.63, 3.8) is 0 Å². The third kappa shape index (κ3) is 9.65. The van der Waals surface area contributed by atoms with Crippen LogP contribution in [-0.4, -0.2) is 78.4 Å². The number of hydrogen-bond acceptors (Lipinski definition) is 7. The third-order valence-corrected chi connectivity index (χ3v) is 10.7. The molecular formula is C39H46Cl3N5O5. The smallest absolute Gasteiger partial charge is 0.329 e. The largest absolute Gasteiger partial charge is 0.399 e. The van der Waals surface area contributed by atoms with Gasteiger partial charge in [0.25, 0.3) is 0 Å². The van der Waals surface area contributed by atoms with E-state index in [1.165, 1.54) is 7.11 Å². The molecule has 1 saturated heterocycles. The zero-order valence-electron chi connectivity index (χ0n) is 30.0. The number of imidazole rings is 1. The maximum Gasteiger partial charge on any atom is 0.329 e. The van der Waals surface area contributed by atoms with Crippen molar-refractivity contribution in [1.82, 2.24) is 19.4 Å². The highest BCUT2D eigenvalue weighted by atomic mass is 35.5. The minimum absolute atomic E-state index is 0.00933. The summed E-state index contributed by atoms with van der Waals surface area (Å²) in [6, 6.07) is 18.6. The minimum atomic E-state index is -0.385. The van der Waals surface area contributed by atoms with Gasteiger partial charge in [0.15, 0.2) is 5.78 Å². The van der Waals surface area contributed by atoms with E-state index in [0.29, 0.717) is 46.6 Å². The number of carbonyl (C=O) groups is 2. The van der Waals surface area contributed by atoms with Crippen LogP contribution in [0.15, 0.2) is 70.6 Å². The molecule has 2 heterocycles. The number of amides is 1. The standard InChI is InChI=1S/C39H46Cl3N5O5/c1-25-19-28(22-29(40)20-25)38(49)26(2)21-34(44-52-4)31(27-9-10-32(41)33(42)23-27)13-17-45-15-11-30(12-16-45)47-36-8-6-5-7-35(36)46(39(47)50)24-37(48)43-14-18-51-3/h5-10,19-20,22-23,26,30-31H,11-18,21,24H2,1-4H3,(H,43,48)/b44-34+/t26?,31-/m1/s1. The number of rotatable bonds is 16. The van der Waals surface area contributed by atoms with Crippen molar-refractivity contribution >= 4 is 63.2 Å². The second kappa shape index (κ2) is 18.4. The first-order valence-corrected chi connectivity index (χ1v) is 18.7. The van der Waals surface area contributed by atoms with Gasteiger partial charge in [-0.1, -0.05) is 65.1 Å². The molecule has 1 aliphatic rings. The number of methoxy groups -OCH3 is 1. The van der Waals surface area contributed by atoms with E-state index in [1.54, 1.807) is 23.8 Å². The van der Waals surface area contributed by atoms with E-state index < -0.39 is 0 Å². The van der Waals surface area contributed by atoms with Gasteiger partial charge in [0, 0.05) is 55.2 Å². The average Bonchev–Trinajstić information content (AvgIpc) is 3.39. The van der Waals surface area contributed by atoms with Crippen LogP contribution in [-0.2, 0) is 20.9 Å². The molecule has 52 heavy (non-hydrogen) atoms. The molecule has 1 amide bonds. The van der Waals surface area contributed by atoms with E-state index in [2.05, 4.69) is 15.4 Å². The molecule has 0 spiro atoms. The Balaban J connectivity index is 1.31. The van der Waals surface area contributed by atoms with Gasteiger partial charge >= 0.3 is 5.69 Å². The Hall–Kier alpha value is -3.67. The van der Waals surface area contributed by atoms with Crippen LogP contribution in [0.4, 0.5) is 0 Å². The molecule has 1 aliphatic heterocycles. The molecule has 0 radical (unpaired) electrons. The van der Waals surface area contributed by atoms with Crippen molar-refractivity contribution < 1.29 is 19.2 Å². The average molecular weight is 771 g/mol. The highest BCUT2D eigenvalue weighted by molar-refractivity contribution is 6.42. The van der Waals surface area contributed by atoms with E-state index in [4.69, 9.17) is 44.4 Å². The number of ketones is 1. The number of hydrogen-bond donors (Lipinski definition) is 1. The number of Topliss-reactive ketones (excluding diaryl/α,β-unsaturated/α-hetero) is 1. The van der Waals surface area contributed by atoms with Crippen molar-refractivity contribution in [2.75, 3.05) is 47.0 Å². The highest BCUT2D eigenvalue weighted by Crippen LogP contribution is 2.33. The molecule has 278 valence electrons. The Kier molecular flexibility index (Phi) is 14.0. The number of oxime groups is 1. The van der Waals surface area contributed by atoms with E-state index in [1.807, 2.05) is 66.9 Å². The number of fused-ring (bicyclic) bond motifs is 1. The lowest BCUT2D eigenvalue weighted by Gasteiger charge is -2.33. The molecule has 13 heteroatoms. The van der Waals surface area contributed by atoms with Crippen molar-refractivity contribution in [3.8, 4) is 0 Å². The Morgan fingerprint density at radius 3 is 2.38 bits per heavy atom. The summed E-state index contributed by atoms with van der Waals surface area (Å²) in [5, 5.41) is 8.71. The third-order valence-electron chi connectivity index (χ3n) is 9.70. The van der Waals surface area contributed by atoms with Crippen LogP contribution in [0.3, 0.4) is 0 Å². The first kappa shape index (κ1) is 39.5. The fourth-order valence-corrected chi connectivity index (χ4v) is 7.72. The van der Waals surface area contributed by atoms with Gasteiger partial charge in [-0.3, -0.25) is 18.7 Å². The maximum atomic E-state index is 13.8. The topological polar surface area (TPSA) is 107 Å². The number of piperidine rings is 1. The number of para-hydroxylation sites is 2. The summed E-state index contributed by atoms with van der Waals surface area (Å²) in [4.78, 5) is 47.7. The van der Waals surface area contributed by atoms with Crippen LogP contribution in [0.25, 0.3) is 11.0 Å². The lowest BCUT2D eigenvalue weighted by atomic mass is 9.84. The van der Waals surface area contributed by atoms with Gasteiger partial charge in [0.1, 0.15) is 13.7 Å². The summed E-state index contributed by atoms with van der Waals surface area (Å²) in [6.45, 7) is 6.84. The molecule has 2 atom stereocenters.